The highest BCUT2D eigenvalue weighted by atomic mass is 35.5. The Labute approximate surface area is 194 Å². The van der Waals surface area contributed by atoms with Gasteiger partial charge in [-0.3, -0.25) is 0 Å². The molecule has 0 saturated heterocycles. The van der Waals surface area contributed by atoms with Crippen LogP contribution in [0, 0.1) is 0 Å². The van der Waals surface area contributed by atoms with E-state index in [-0.39, 0.29) is 31.2 Å². The number of para-hydroxylation sites is 2. The molecule has 5 aromatic rings. The molecule has 9 heteroatoms. The first kappa shape index (κ1) is 20.8. The number of nitrogens with two attached hydrogens (primary N) is 1. The van der Waals surface area contributed by atoms with Crippen LogP contribution in [-0.2, 0) is 16.4 Å². The van der Waals surface area contributed by atoms with E-state index in [1.54, 1.807) is 10.6 Å². The van der Waals surface area contributed by atoms with Gasteiger partial charge in [0, 0.05) is 5.02 Å². The molecule has 0 atom stereocenters. The molecular formula is C23H16Cl2N4O2S. The van der Waals surface area contributed by atoms with E-state index in [4.69, 9.17) is 33.9 Å². The third-order valence-corrected chi connectivity index (χ3v) is 7.71. The average molecular weight is 483 g/mol. The van der Waals surface area contributed by atoms with Crippen LogP contribution >= 0.6 is 23.2 Å². The van der Waals surface area contributed by atoms with Crippen molar-refractivity contribution in [2.45, 2.75) is 16.3 Å². The summed E-state index contributed by atoms with van der Waals surface area (Å²) in [5.74, 6) is 0.0372. The van der Waals surface area contributed by atoms with Gasteiger partial charge < -0.3 is 10.3 Å². The quantitative estimate of drug-likeness (QED) is 0.372. The van der Waals surface area contributed by atoms with Crippen LogP contribution < -0.4 is 5.73 Å². The molecule has 0 unspecified atom stereocenters. The van der Waals surface area contributed by atoms with Gasteiger partial charge in [0.05, 0.1) is 27.5 Å². The average Bonchev–Trinajstić information content (AvgIpc) is 3.05. The summed E-state index contributed by atoms with van der Waals surface area (Å²) >= 11 is 12.3. The fraction of sp³-hybridized carbons (Fsp3) is 0.0435. The van der Waals surface area contributed by atoms with Crippen LogP contribution in [0.5, 0.6) is 0 Å². The third-order valence-electron chi connectivity index (χ3n) is 5.18. The first-order chi connectivity index (χ1) is 15.4. The van der Waals surface area contributed by atoms with Crippen molar-refractivity contribution < 1.29 is 8.42 Å². The predicted molar refractivity (Wildman–Crippen MR) is 127 cm³/mol. The molecule has 6 nitrogen and oxygen atoms in total. The van der Waals surface area contributed by atoms with Gasteiger partial charge in [-0.15, -0.1) is 0 Å². The lowest BCUT2D eigenvalue weighted by Gasteiger charge is -2.09. The lowest BCUT2D eigenvalue weighted by Crippen LogP contribution is -2.09. The first-order valence-electron chi connectivity index (χ1n) is 9.65. The summed E-state index contributed by atoms with van der Waals surface area (Å²) in [6.07, 6.45) is 0. The molecule has 160 valence electrons. The maximum Gasteiger partial charge on any atom is 0.213 e. The standard InChI is InChI=1S/C23H16Cl2N4O2S/c24-15-10-11-16(25)19(12-15)32(30,31)21-20-23(28-18-9-5-4-8-17(18)27-20)29(22(21)26)13-14-6-2-1-3-7-14/h1-12H,13,26H2. The number of anilines is 1. The first-order valence-corrected chi connectivity index (χ1v) is 11.9. The zero-order valence-electron chi connectivity index (χ0n) is 16.5. The van der Waals surface area contributed by atoms with E-state index >= 15 is 0 Å². The van der Waals surface area contributed by atoms with E-state index in [2.05, 4.69) is 4.98 Å². The molecule has 0 spiro atoms. The van der Waals surface area contributed by atoms with E-state index in [9.17, 15) is 8.42 Å². The van der Waals surface area contributed by atoms with Gasteiger partial charge in [0.2, 0.25) is 9.84 Å². The minimum absolute atomic E-state index is 0.0372. The summed E-state index contributed by atoms with van der Waals surface area (Å²) < 4.78 is 29.1. The Morgan fingerprint density at radius 1 is 0.875 bits per heavy atom. The fourth-order valence-electron chi connectivity index (χ4n) is 3.67. The van der Waals surface area contributed by atoms with E-state index in [0.717, 1.165) is 5.56 Å². The zero-order chi connectivity index (χ0) is 22.5. The highest BCUT2D eigenvalue weighted by molar-refractivity contribution is 7.92. The van der Waals surface area contributed by atoms with Crippen molar-refractivity contribution in [2.75, 3.05) is 5.73 Å². The number of sulfone groups is 1. The molecule has 0 aliphatic rings. The maximum absolute atomic E-state index is 13.7. The van der Waals surface area contributed by atoms with Crippen LogP contribution in [0.4, 0.5) is 5.82 Å². The number of hydrogen-bond donors (Lipinski definition) is 1. The van der Waals surface area contributed by atoms with E-state index in [0.29, 0.717) is 23.2 Å². The Morgan fingerprint density at radius 3 is 2.25 bits per heavy atom. The number of nitrogen functional groups attached to an aromatic ring is 1. The SMILES string of the molecule is Nc1c(S(=O)(=O)c2cc(Cl)ccc2Cl)c2nc3ccccc3nc2n1Cc1ccccc1. The molecule has 5 rings (SSSR count). The number of rotatable bonds is 4. The van der Waals surface area contributed by atoms with Crippen molar-refractivity contribution in [3.63, 3.8) is 0 Å². The second-order valence-corrected chi connectivity index (χ2v) is 9.95. The van der Waals surface area contributed by atoms with Crippen LogP contribution in [-0.4, -0.2) is 23.0 Å². The summed E-state index contributed by atoms with van der Waals surface area (Å²) in [7, 11) is -4.15. The molecular weight excluding hydrogens is 467 g/mol. The van der Waals surface area contributed by atoms with Gasteiger partial charge in [-0.2, -0.15) is 0 Å². The van der Waals surface area contributed by atoms with Gasteiger partial charge >= 0.3 is 0 Å². The molecule has 2 aromatic heterocycles. The molecule has 2 heterocycles. The lowest BCUT2D eigenvalue weighted by molar-refractivity contribution is 0.597. The summed E-state index contributed by atoms with van der Waals surface area (Å²) in [5.41, 5.74) is 9.17. The summed E-state index contributed by atoms with van der Waals surface area (Å²) in [4.78, 5) is 9.06. The molecule has 0 bridgehead atoms. The van der Waals surface area contributed by atoms with Crippen molar-refractivity contribution in [1.29, 1.82) is 0 Å². The number of fused-ring (bicyclic) bond motifs is 2. The minimum Gasteiger partial charge on any atom is -0.384 e. The highest BCUT2D eigenvalue weighted by Gasteiger charge is 2.32. The normalized spacial score (nSPS) is 11.9. The molecule has 0 fully saturated rings. The second kappa shape index (κ2) is 7.78. The van der Waals surface area contributed by atoms with Gasteiger partial charge in [0.25, 0.3) is 0 Å². The van der Waals surface area contributed by atoms with Crippen LogP contribution in [0.3, 0.4) is 0 Å². The van der Waals surface area contributed by atoms with Crippen molar-refractivity contribution in [3.8, 4) is 0 Å². The Kier molecular flexibility index (Phi) is 5.04. The summed E-state index contributed by atoms with van der Waals surface area (Å²) in [5, 5.41) is 0.294. The number of aromatic nitrogens is 3. The van der Waals surface area contributed by atoms with Crippen molar-refractivity contribution in [3.05, 3.63) is 88.4 Å². The van der Waals surface area contributed by atoms with Gasteiger partial charge in [0.1, 0.15) is 16.2 Å². The van der Waals surface area contributed by atoms with Gasteiger partial charge in [-0.05, 0) is 35.9 Å². The number of nitrogens with zero attached hydrogens (tertiary/aromatic N) is 3. The molecule has 2 N–H and O–H groups in total. The largest absolute Gasteiger partial charge is 0.384 e. The second-order valence-electron chi connectivity index (χ2n) is 7.25. The Morgan fingerprint density at radius 2 is 1.53 bits per heavy atom. The number of hydrogen-bond acceptors (Lipinski definition) is 5. The van der Waals surface area contributed by atoms with Gasteiger partial charge in [0.15, 0.2) is 5.65 Å². The topological polar surface area (TPSA) is 90.9 Å². The number of benzene rings is 3. The van der Waals surface area contributed by atoms with Crippen LogP contribution in [0.15, 0.2) is 82.6 Å². The molecule has 0 aliphatic carbocycles. The molecule has 3 aromatic carbocycles. The number of halogens is 2. The molecule has 0 saturated carbocycles. The highest BCUT2D eigenvalue weighted by Crippen LogP contribution is 2.38. The smallest absolute Gasteiger partial charge is 0.213 e. The minimum atomic E-state index is -4.15. The van der Waals surface area contributed by atoms with Crippen molar-refractivity contribution >= 4 is 61.1 Å². The van der Waals surface area contributed by atoms with Gasteiger partial charge in [-0.25, -0.2) is 18.4 Å². The molecule has 0 aliphatic heterocycles. The van der Waals surface area contributed by atoms with Crippen LogP contribution in [0.1, 0.15) is 5.56 Å². The maximum atomic E-state index is 13.7. The predicted octanol–water partition coefficient (Wildman–Crippen LogP) is 5.35. The van der Waals surface area contributed by atoms with Crippen molar-refractivity contribution in [1.82, 2.24) is 14.5 Å². The van der Waals surface area contributed by atoms with E-state index < -0.39 is 9.84 Å². The Hall–Kier alpha value is -3.13. The molecule has 32 heavy (non-hydrogen) atoms. The van der Waals surface area contributed by atoms with E-state index in [1.165, 1.54) is 18.2 Å². The van der Waals surface area contributed by atoms with Crippen molar-refractivity contribution in [2.24, 2.45) is 0 Å². The van der Waals surface area contributed by atoms with E-state index in [1.807, 2.05) is 48.5 Å². The van der Waals surface area contributed by atoms with Gasteiger partial charge in [-0.1, -0.05) is 65.7 Å². The lowest BCUT2D eigenvalue weighted by atomic mass is 10.2. The third kappa shape index (κ3) is 3.39. The Bertz CT molecular complexity index is 1600. The summed E-state index contributed by atoms with van der Waals surface area (Å²) in [6, 6.07) is 21.1. The van der Waals surface area contributed by atoms with Crippen LogP contribution in [0.2, 0.25) is 10.0 Å². The van der Waals surface area contributed by atoms with Crippen LogP contribution in [0.25, 0.3) is 22.2 Å². The zero-order valence-corrected chi connectivity index (χ0v) is 18.9. The molecule has 0 amide bonds. The monoisotopic (exact) mass is 482 g/mol. The Balaban J connectivity index is 1.85. The summed E-state index contributed by atoms with van der Waals surface area (Å²) in [6.45, 7) is 0.328. The fourth-order valence-corrected chi connectivity index (χ4v) is 5.94. The molecule has 0 radical (unpaired) electrons.